The molecule has 2 aliphatic carbocycles. The van der Waals surface area contributed by atoms with Crippen LogP contribution in [0.5, 0.6) is 0 Å². The summed E-state index contributed by atoms with van der Waals surface area (Å²) in [6, 6.07) is 0. The van der Waals surface area contributed by atoms with Gasteiger partial charge in [0, 0.05) is 0 Å². The summed E-state index contributed by atoms with van der Waals surface area (Å²) in [6.45, 7) is 6.82. The molecule has 0 aromatic rings. The SMILES string of the molecule is CC1CC(OC(=O)CC2(CS)CC2)CC(C)(C)C1. The molecule has 3 heteroatoms. The minimum absolute atomic E-state index is 0.00329. The van der Waals surface area contributed by atoms with E-state index in [1.54, 1.807) is 0 Å². The molecule has 0 saturated heterocycles. The Hall–Kier alpha value is -0.180. The summed E-state index contributed by atoms with van der Waals surface area (Å²) in [5, 5.41) is 0. The molecule has 0 spiro atoms. The second-order valence-electron chi connectivity index (χ2n) is 7.36. The van der Waals surface area contributed by atoms with E-state index in [9.17, 15) is 4.79 Å². The van der Waals surface area contributed by atoms with Crippen molar-refractivity contribution in [2.45, 2.75) is 65.4 Å². The van der Waals surface area contributed by atoms with Gasteiger partial charge >= 0.3 is 5.97 Å². The largest absolute Gasteiger partial charge is 0.462 e. The minimum atomic E-state index is -0.00329. The van der Waals surface area contributed by atoms with Gasteiger partial charge < -0.3 is 4.74 Å². The average Bonchev–Trinajstić information content (AvgIpc) is 2.94. The Bertz CT molecular complexity index is 320. The highest BCUT2D eigenvalue weighted by molar-refractivity contribution is 7.80. The van der Waals surface area contributed by atoms with E-state index < -0.39 is 0 Å². The lowest BCUT2D eigenvalue weighted by Gasteiger charge is -2.38. The second-order valence-corrected chi connectivity index (χ2v) is 7.68. The van der Waals surface area contributed by atoms with Crippen molar-refractivity contribution in [3.8, 4) is 0 Å². The minimum Gasteiger partial charge on any atom is -0.462 e. The molecule has 0 N–H and O–H groups in total. The molecule has 2 rings (SSSR count). The Labute approximate surface area is 116 Å². The van der Waals surface area contributed by atoms with Crippen LogP contribution >= 0.6 is 12.6 Å². The number of carbonyl (C=O) groups is 1. The first kappa shape index (κ1) is 14.2. The molecule has 0 bridgehead atoms. The lowest BCUT2D eigenvalue weighted by atomic mass is 9.71. The molecule has 2 aliphatic rings. The highest BCUT2D eigenvalue weighted by Gasteiger charge is 2.44. The van der Waals surface area contributed by atoms with Gasteiger partial charge in [0.2, 0.25) is 0 Å². The van der Waals surface area contributed by atoms with Crippen LogP contribution in [0, 0.1) is 16.7 Å². The lowest BCUT2D eigenvalue weighted by molar-refractivity contribution is -0.154. The van der Waals surface area contributed by atoms with Crippen molar-refractivity contribution in [1.82, 2.24) is 0 Å². The smallest absolute Gasteiger partial charge is 0.306 e. The Balaban J connectivity index is 1.83. The third kappa shape index (κ3) is 3.66. The molecule has 2 atom stereocenters. The molecular weight excluding hydrogens is 244 g/mol. The van der Waals surface area contributed by atoms with E-state index in [0.29, 0.717) is 17.8 Å². The molecule has 0 heterocycles. The summed E-state index contributed by atoms with van der Waals surface area (Å²) in [7, 11) is 0. The molecule has 2 saturated carbocycles. The van der Waals surface area contributed by atoms with Gasteiger partial charge in [-0.05, 0) is 54.6 Å². The third-order valence-corrected chi connectivity index (χ3v) is 5.13. The first-order chi connectivity index (χ1) is 8.34. The molecule has 18 heavy (non-hydrogen) atoms. The lowest BCUT2D eigenvalue weighted by Crippen LogP contribution is -2.34. The molecule has 0 radical (unpaired) electrons. The molecule has 2 unspecified atom stereocenters. The summed E-state index contributed by atoms with van der Waals surface area (Å²) in [6.07, 6.45) is 6.26. The first-order valence-corrected chi connectivity index (χ1v) is 7.78. The zero-order valence-electron chi connectivity index (χ0n) is 11.9. The number of thiol groups is 1. The van der Waals surface area contributed by atoms with Gasteiger partial charge in [-0.2, -0.15) is 12.6 Å². The normalized spacial score (nSPS) is 32.9. The highest BCUT2D eigenvalue weighted by atomic mass is 32.1. The van der Waals surface area contributed by atoms with E-state index in [-0.39, 0.29) is 17.5 Å². The number of hydrogen-bond acceptors (Lipinski definition) is 3. The van der Waals surface area contributed by atoms with Crippen LogP contribution in [-0.2, 0) is 9.53 Å². The predicted octanol–water partition coefficient (Wildman–Crippen LogP) is 3.84. The summed E-state index contributed by atoms with van der Waals surface area (Å²) in [4.78, 5) is 12.0. The Morgan fingerprint density at radius 2 is 2.00 bits per heavy atom. The van der Waals surface area contributed by atoms with Crippen LogP contribution in [0.2, 0.25) is 0 Å². The van der Waals surface area contributed by atoms with Crippen LogP contribution in [0.1, 0.15) is 59.3 Å². The zero-order chi connectivity index (χ0) is 13.4. The standard InChI is InChI=1S/C15H26O2S/c1-11-6-12(8-14(2,3)7-11)17-13(16)9-15(10-18)4-5-15/h11-12,18H,4-10H2,1-3H3. The first-order valence-electron chi connectivity index (χ1n) is 7.15. The number of rotatable bonds is 4. The fraction of sp³-hybridized carbons (Fsp3) is 0.933. The third-order valence-electron chi connectivity index (χ3n) is 4.46. The summed E-state index contributed by atoms with van der Waals surface area (Å²) < 4.78 is 5.70. The van der Waals surface area contributed by atoms with Gasteiger partial charge in [0.25, 0.3) is 0 Å². The maximum Gasteiger partial charge on any atom is 0.306 e. The fourth-order valence-corrected chi connectivity index (χ4v) is 3.88. The summed E-state index contributed by atoms with van der Waals surface area (Å²) in [5.74, 6) is 1.47. The van der Waals surface area contributed by atoms with Gasteiger partial charge in [-0.3, -0.25) is 4.79 Å². The molecule has 0 amide bonds. The average molecular weight is 270 g/mol. The molecule has 0 aliphatic heterocycles. The summed E-state index contributed by atoms with van der Waals surface area (Å²) in [5.41, 5.74) is 0.486. The molecule has 104 valence electrons. The number of carbonyl (C=O) groups excluding carboxylic acids is 1. The predicted molar refractivity (Wildman–Crippen MR) is 76.8 cm³/mol. The van der Waals surface area contributed by atoms with E-state index in [2.05, 4.69) is 33.4 Å². The van der Waals surface area contributed by atoms with Gasteiger partial charge in [-0.1, -0.05) is 20.8 Å². The van der Waals surface area contributed by atoms with E-state index >= 15 is 0 Å². The molecule has 0 aromatic carbocycles. The highest BCUT2D eigenvalue weighted by Crippen LogP contribution is 2.50. The Kier molecular flexibility index (Phi) is 4.01. The van der Waals surface area contributed by atoms with E-state index in [1.807, 2.05) is 0 Å². The summed E-state index contributed by atoms with van der Waals surface area (Å²) >= 11 is 4.34. The van der Waals surface area contributed by atoms with Crippen molar-refractivity contribution in [2.24, 2.45) is 16.7 Å². The van der Waals surface area contributed by atoms with Crippen molar-refractivity contribution < 1.29 is 9.53 Å². The van der Waals surface area contributed by atoms with Crippen molar-refractivity contribution in [3.63, 3.8) is 0 Å². The fourth-order valence-electron chi connectivity index (χ4n) is 3.45. The molecule has 2 fully saturated rings. The van der Waals surface area contributed by atoms with Crippen molar-refractivity contribution >= 4 is 18.6 Å². The number of hydrogen-bond donors (Lipinski definition) is 1. The quantitative estimate of drug-likeness (QED) is 0.620. The van der Waals surface area contributed by atoms with Crippen LogP contribution in [0.4, 0.5) is 0 Å². The van der Waals surface area contributed by atoms with Crippen LogP contribution in [-0.4, -0.2) is 17.8 Å². The van der Waals surface area contributed by atoms with Gasteiger partial charge in [-0.15, -0.1) is 0 Å². The molecule has 0 aromatic heterocycles. The van der Waals surface area contributed by atoms with Crippen LogP contribution in [0.15, 0.2) is 0 Å². The van der Waals surface area contributed by atoms with Crippen molar-refractivity contribution in [2.75, 3.05) is 5.75 Å². The van der Waals surface area contributed by atoms with Gasteiger partial charge in [0.1, 0.15) is 6.10 Å². The van der Waals surface area contributed by atoms with Gasteiger partial charge in [0.05, 0.1) is 6.42 Å². The topological polar surface area (TPSA) is 26.3 Å². The van der Waals surface area contributed by atoms with Crippen LogP contribution < -0.4 is 0 Å². The van der Waals surface area contributed by atoms with Crippen molar-refractivity contribution in [1.29, 1.82) is 0 Å². The van der Waals surface area contributed by atoms with Gasteiger partial charge in [0.15, 0.2) is 0 Å². The van der Waals surface area contributed by atoms with Crippen LogP contribution in [0.3, 0.4) is 0 Å². The monoisotopic (exact) mass is 270 g/mol. The molecular formula is C15H26O2S. The van der Waals surface area contributed by atoms with E-state index in [1.165, 1.54) is 6.42 Å². The second kappa shape index (κ2) is 5.07. The number of esters is 1. The Morgan fingerprint density at radius 1 is 1.33 bits per heavy atom. The maximum atomic E-state index is 12.0. The van der Waals surface area contributed by atoms with E-state index in [4.69, 9.17) is 4.74 Å². The van der Waals surface area contributed by atoms with E-state index in [0.717, 1.165) is 31.4 Å². The van der Waals surface area contributed by atoms with Gasteiger partial charge in [-0.25, -0.2) is 0 Å². The van der Waals surface area contributed by atoms with Crippen LogP contribution in [0.25, 0.3) is 0 Å². The van der Waals surface area contributed by atoms with Crippen molar-refractivity contribution in [3.05, 3.63) is 0 Å². The molecule has 2 nitrogen and oxygen atoms in total. The number of ether oxygens (including phenoxy) is 1. The maximum absolute atomic E-state index is 12.0. The Morgan fingerprint density at radius 3 is 2.50 bits per heavy atom. The zero-order valence-corrected chi connectivity index (χ0v) is 12.8.